The fraction of sp³-hybridized carbons (Fsp3) is 0.133. The van der Waals surface area contributed by atoms with Crippen molar-refractivity contribution in [1.29, 1.82) is 5.26 Å². The fourth-order valence-corrected chi connectivity index (χ4v) is 1.91. The number of benzene rings is 2. The van der Waals surface area contributed by atoms with Crippen LogP contribution in [-0.2, 0) is 0 Å². The number of nitriles is 1. The largest absolute Gasteiger partial charge is 0.385 e. The topological polar surface area (TPSA) is 64.2 Å². The lowest BCUT2D eigenvalue weighted by Crippen LogP contribution is -2.10. The molecule has 0 bridgehead atoms. The summed E-state index contributed by atoms with van der Waals surface area (Å²) < 4.78 is 0. The molecule has 0 aliphatic rings. The summed E-state index contributed by atoms with van der Waals surface area (Å²) in [5.41, 5.74) is 1.65. The second kappa shape index (κ2) is 5.85. The number of halogens is 1. The van der Waals surface area contributed by atoms with Gasteiger partial charge >= 0.3 is 0 Å². The maximum atomic E-state index is 10.1. The maximum absolute atomic E-state index is 10.1. The Hall–Kier alpha value is -1.86. The van der Waals surface area contributed by atoms with Gasteiger partial charge in [0.05, 0.1) is 11.6 Å². The predicted molar refractivity (Wildman–Crippen MR) is 72.5 cm³/mol. The molecule has 0 aliphatic heterocycles. The van der Waals surface area contributed by atoms with Gasteiger partial charge in [0.2, 0.25) is 0 Å². The quantitative estimate of drug-likeness (QED) is 0.904. The Morgan fingerprint density at radius 2 is 1.26 bits per heavy atom. The van der Waals surface area contributed by atoms with Gasteiger partial charge in [-0.05, 0) is 35.4 Å². The number of aliphatic hydroxyl groups is 2. The summed E-state index contributed by atoms with van der Waals surface area (Å²) >= 11 is 5.77. The third-order valence-corrected chi connectivity index (χ3v) is 3.14. The molecule has 0 aliphatic carbocycles. The van der Waals surface area contributed by atoms with E-state index in [2.05, 4.69) is 0 Å². The van der Waals surface area contributed by atoms with Crippen molar-refractivity contribution in [3.63, 3.8) is 0 Å². The number of aliphatic hydroxyl groups excluding tert-OH is 2. The first-order chi connectivity index (χ1) is 9.11. The number of hydrogen-bond acceptors (Lipinski definition) is 3. The molecule has 0 radical (unpaired) electrons. The van der Waals surface area contributed by atoms with Crippen LogP contribution in [0.1, 0.15) is 28.9 Å². The maximum Gasteiger partial charge on any atom is 0.109 e. The summed E-state index contributed by atoms with van der Waals surface area (Å²) in [4.78, 5) is 0. The lowest BCUT2D eigenvalue weighted by atomic mass is 9.98. The summed E-state index contributed by atoms with van der Waals surface area (Å²) in [7, 11) is 0. The van der Waals surface area contributed by atoms with E-state index in [4.69, 9.17) is 16.9 Å². The van der Waals surface area contributed by atoms with Crippen molar-refractivity contribution in [3.05, 3.63) is 70.2 Å². The molecule has 2 aromatic carbocycles. The van der Waals surface area contributed by atoms with Gasteiger partial charge in [-0.15, -0.1) is 0 Å². The van der Waals surface area contributed by atoms with E-state index in [-0.39, 0.29) is 0 Å². The summed E-state index contributed by atoms with van der Waals surface area (Å²) in [5, 5.41) is 29.5. The molecule has 0 saturated carbocycles. The molecule has 2 aromatic rings. The Bertz CT molecular complexity index is 587. The molecule has 0 aromatic heterocycles. The van der Waals surface area contributed by atoms with Crippen molar-refractivity contribution in [1.82, 2.24) is 0 Å². The van der Waals surface area contributed by atoms with Crippen LogP contribution in [0.5, 0.6) is 0 Å². The van der Waals surface area contributed by atoms with E-state index in [1.807, 2.05) is 6.07 Å². The van der Waals surface area contributed by atoms with Crippen LogP contribution in [0.3, 0.4) is 0 Å². The van der Waals surface area contributed by atoms with Crippen LogP contribution < -0.4 is 0 Å². The fourth-order valence-electron chi connectivity index (χ4n) is 1.78. The molecule has 0 amide bonds. The van der Waals surface area contributed by atoms with Crippen LogP contribution in [0.25, 0.3) is 0 Å². The van der Waals surface area contributed by atoms with E-state index in [1.54, 1.807) is 48.5 Å². The van der Waals surface area contributed by atoms with Gasteiger partial charge in [0, 0.05) is 5.02 Å². The predicted octanol–water partition coefficient (Wildman–Crippen LogP) is 2.98. The minimum Gasteiger partial charge on any atom is -0.385 e. The lowest BCUT2D eigenvalue weighted by Gasteiger charge is -2.18. The van der Waals surface area contributed by atoms with Crippen LogP contribution in [0.4, 0.5) is 0 Å². The molecule has 0 spiro atoms. The van der Waals surface area contributed by atoms with Crippen molar-refractivity contribution < 1.29 is 10.2 Å². The van der Waals surface area contributed by atoms with Crippen LogP contribution in [0, 0.1) is 11.3 Å². The summed E-state index contributed by atoms with van der Waals surface area (Å²) in [5.74, 6) is 0. The zero-order valence-electron chi connectivity index (χ0n) is 9.99. The molecular formula is C15H12ClNO2. The Morgan fingerprint density at radius 1 is 0.842 bits per heavy atom. The zero-order chi connectivity index (χ0) is 13.8. The van der Waals surface area contributed by atoms with Gasteiger partial charge < -0.3 is 10.2 Å². The normalized spacial score (nSPS) is 13.6. The highest BCUT2D eigenvalue weighted by Crippen LogP contribution is 2.29. The van der Waals surface area contributed by atoms with Gasteiger partial charge in [-0.3, -0.25) is 0 Å². The van der Waals surface area contributed by atoms with E-state index >= 15 is 0 Å². The first kappa shape index (κ1) is 13.6. The average Bonchev–Trinajstić information content (AvgIpc) is 2.46. The molecule has 3 nitrogen and oxygen atoms in total. The summed E-state index contributed by atoms with van der Waals surface area (Å²) in [6, 6.07) is 15.1. The zero-order valence-corrected chi connectivity index (χ0v) is 10.7. The third-order valence-electron chi connectivity index (χ3n) is 2.89. The number of hydrogen-bond donors (Lipinski definition) is 2. The highest BCUT2D eigenvalue weighted by molar-refractivity contribution is 6.30. The number of rotatable bonds is 3. The van der Waals surface area contributed by atoms with E-state index in [9.17, 15) is 10.2 Å². The Balaban J connectivity index is 2.20. The van der Waals surface area contributed by atoms with E-state index in [1.165, 1.54) is 0 Å². The third kappa shape index (κ3) is 3.12. The summed E-state index contributed by atoms with van der Waals surface area (Å²) in [6.07, 6.45) is -2.08. The van der Waals surface area contributed by atoms with Crippen LogP contribution in [0.15, 0.2) is 48.5 Å². The molecule has 96 valence electrons. The van der Waals surface area contributed by atoms with Crippen molar-refractivity contribution in [2.24, 2.45) is 0 Å². The van der Waals surface area contributed by atoms with E-state index in [0.29, 0.717) is 21.7 Å². The van der Waals surface area contributed by atoms with E-state index in [0.717, 1.165) is 0 Å². The Morgan fingerprint density at radius 3 is 1.68 bits per heavy atom. The molecule has 2 rings (SSSR count). The standard InChI is InChI=1S/C15H12ClNO2/c16-13-7-5-12(6-8-13)15(19)14(18)11-3-1-10(9-17)2-4-11/h1-8,14-15,18-19H. The monoisotopic (exact) mass is 273 g/mol. The molecule has 0 heterocycles. The molecule has 2 N–H and O–H groups in total. The SMILES string of the molecule is N#Cc1ccc(C(O)C(O)c2ccc(Cl)cc2)cc1. The Kier molecular flexibility index (Phi) is 4.18. The molecule has 0 fully saturated rings. The smallest absolute Gasteiger partial charge is 0.109 e. The van der Waals surface area contributed by atoms with Gasteiger partial charge in [0.1, 0.15) is 12.2 Å². The lowest BCUT2D eigenvalue weighted by molar-refractivity contribution is 0.0172. The van der Waals surface area contributed by atoms with Gasteiger partial charge in [-0.2, -0.15) is 5.26 Å². The van der Waals surface area contributed by atoms with Gasteiger partial charge in [0.15, 0.2) is 0 Å². The minimum absolute atomic E-state index is 0.511. The average molecular weight is 274 g/mol. The molecular weight excluding hydrogens is 262 g/mol. The van der Waals surface area contributed by atoms with Gasteiger partial charge in [0.25, 0.3) is 0 Å². The first-order valence-electron chi connectivity index (χ1n) is 5.73. The first-order valence-corrected chi connectivity index (χ1v) is 6.11. The molecule has 0 saturated heterocycles. The van der Waals surface area contributed by atoms with E-state index < -0.39 is 12.2 Å². The van der Waals surface area contributed by atoms with Crippen LogP contribution in [0.2, 0.25) is 5.02 Å². The van der Waals surface area contributed by atoms with Gasteiger partial charge in [-0.1, -0.05) is 35.9 Å². The minimum atomic E-state index is -1.05. The van der Waals surface area contributed by atoms with Crippen molar-refractivity contribution >= 4 is 11.6 Å². The highest BCUT2D eigenvalue weighted by Gasteiger charge is 2.20. The van der Waals surface area contributed by atoms with Crippen molar-refractivity contribution in [2.45, 2.75) is 12.2 Å². The molecule has 4 heteroatoms. The second-order valence-corrected chi connectivity index (χ2v) is 4.61. The van der Waals surface area contributed by atoms with Crippen LogP contribution >= 0.6 is 11.6 Å². The molecule has 2 atom stereocenters. The highest BCUT2D eigenvalue weighted by atomic mass is 35.5. The summed E-state index contributed by atoms with van der Waals surface area (Å²) in [6.45, 7) is 0. The number of nitrogens with zero attached hydrogens (tertiary/aromatic N) is 1. The molecule has 2 unspecified atom stereocenters. The Labute approximate surface area is 116 Å². The van der Waals surface area contributed by atoms with Crippen LogP contribution in [-0.4, -0.2) is 10.2 Å². The molecule has 19 heavy (non-hydrogen) atoms. The van der Waals surface area contributed by atoms with Crippen molar-refractivity contribution in [2.75, 3.05) is 0 Å². The van der Waals surface area contributed by atoms with Crippen molar-refractivity contribution in [3.8, 4) is 6.07 Å². The van der Waals surface area contributed by atoms with Gasteiger partial charge in [-0.25, -0.2) is 0 Å². The second-order valence-electron chi connectivity index (χ2n) is 4.18.